The van der Waals surface area contributed by atoms with Gasteiger partial charge in [-0.25, -0.2) is 0 Å². The number of hydrogen-bond acceptors (Lipinski definition) is 3. The third kappa shape index (κ3) is 3.98. The molecular formula is C16H24BrN3O. The normalized spacial score (nSPS) is 17.7. The van der Waals surface area contributed by atoms with Crippen molar-refractivity contribution in [2.75, 3.05) is 18.8 Å². The van der Waals surface area contributed by atoms with Crippen molar-refractivity contribution in [2.45, 2.75) is 45.2 Å². The molecule has 5 heteroatoms. The molecule has 4 nitrogen and oxygen atoms in total. The molecule has 0 atom stereocenters. The molecule has 0 bridgehead atoms. The van der Waals surface area contributed by atoms with Gasteiger partial charge in [-0.3, -0.25) is 9.69 Å². The molecule has 0 spiro atoms. The zero-order valence-electron chi connectivity index (χ0n) is 12.9. The van der Waals surface area contributed by atoms with Crippen molar-refractivity contribution in [1.29, 1.82) is 0 Å². The number of anilines is 1. The second-order valence-corrected chi connectivity index (χ2v) is 7.41. The summed E-state index contributed by atoms with van der Waals surface area (Å²) in [6, 6.07) is 5.62. The van der Waals surface area contributed by atoms with E-state index in [1.165, 1.54) is 0 Å². The Labute approximate surface area is 135 Å². The minimum absolute atomic E-state index is 0.0524. The minimum Gasteiger partial charge on any atom is -0.398 e. The van der Waals surface area contributed by atoms with Crippen LogP contribution in [0.25, 0.3) is 0 Å². The molecule has 2 rings (SSSR count). The number of nitrogens with two attached hydrogens (primary N) is 1. The van der Waals surface area contributed by atoms with Crippen LogP contribution >= 0.6 is 15.9 Å². The summed E-state index contributed by atoms with van der Waals surface area (Å²) in [5.74, 6) is -0.0524. The lowest BCUT2D eigenvalue weighted by Gasteiger charge is -2.41. The summed E-state index contributed by atoms with van der Waals surface area (Å²) in [5.41, 5.74) is 7.22. The van der Waals surface area contributed by atoms with Gasteiger partial charge < -0.3 is 11.1 Å². The first-order valence-electron chi connectivity index (χ1n) is 7.39. The number of amides is 1. The van der Waals surface area contributed by atoms with Gasteiger partial charge in [0.1, 0.15) is 0 Å². The monoisotopic (exact) mass is 353 g/mol. The van der Waals surface area contributed by atoms with Crippen LogP contribution in [0, 0.1) is 0 Å². The van der Waals surface area contributed by atoms with Crippen LogP contribution in [0.2, 0.25) is 0 Å². The van der Waals surface area contributed by atoms with Crippen molar-refractivity contribution in [3.8, 4) is 0 Å². The standard InChI is InChI=1S/C16H24BrN3O/c1-16(2,3)20-9-7-11(8-10-20)19-15(21)12-5-4-6-13(18)14(12)17/h4-6,11H,7-10,18H2,1-3H3,(H,19,21). The molecule has 1 amide bonds. The molecule has 1 aliphatic rings. The Morgan fingerprint density at radius 3 is 2.52 bits per heavy atom. The van der Waals surface area contributed by atoms with E-state index in [1.807, 2.05) is 0 Å². The lowest BCUT2D eigenvalue weighted by atomic mass is 9.98. The number of rotatable bonds is 2. The number of carbonyl (C=O) groups excluding carboxylic acids is 1. The van der Waals surface area contributed by atoms with Crippen molar-refractivity contribution in [1.82, 2.24) is 10.2 Å². The minimum atomic E-state index is -0.0524. The maximum absolute atomic E-state index is 12.4. The Kier molecular flexibility index (Phi) is 4.94. The summed E-state index contributed by atoms with van der Waals surface area (Å²) < 4.78 is 0.676. The Bertz CT molecular complexity index is 517. The van der Waals surface area contributed by atoms with E-state index >= 15 is 0 Å². The highest BCUT2D eigenvalue weighted by Crippen LogP contribution is 2.25. The zero-order valence-corrected chi connectivity index (χ0v) is 14.5. The molecule has 0 radical (unpaired) electrons. The lowest BCUT2D eigenvalue weighted by Crippen LogP contribution is -2.50. The number of likely N-dealkylation sites (tertiary alicyclic amines) is 1. The summed E-state index contributed by atoms with van der Waals surface area (Å²) in [6.07, 6.45) is 1.98. The average molecular weight is 354 g/mol. The number of benzene rings is 1. The van der Waals surface area contributed by atoms with Crippen LogP contribution in [0.1, 0.15) is 44.0 Å². The predicted octanol–water partition coefficient (Wildman–Crippen LogP) is 3.02. The van der Waals surface area contributed by atoms with Crippen LogP contribution in [0.4, 0.5) is 5.69 Å². The number of nitrogens with one attached hydrogen (secondary N) is 1. The van der Waals surface area contributed by atoms with Gasteiger partial charge in [0.05, 0.1) is 10.0 Å². The molecule has 1 aromatic rings. The van der Waals surface area contributed by atoms with Gasteiger partial charge in [-0.2, -0.15) is 0 Å². The van der Waals surface area contributed by atoms with Gasteiger partial charge >= 0.3 is 0 Å². The molecule has 0 saturated carbocycles. The summed E-state index contributed by atoms with van der Waals surface area (Å²) in [6.45, 7) is 8.74. The van der Waals surface area contributed by atoms with Gasteiger partial charge in [-0.1, -0.05) is 6.07 Å². The Morgan fingerprint density at radius 1 is 1.33 bits per heavy atom. The zero-order chi connectivity index (χ0) is 15.6. The van der Waals surface area contributed by atoms with E-state index in [2.05, 4.69) is 46.9 Å². The summed E-state index contributed by atoms with van der Waals surface area (Å²) >= 11 is 3.39. The van der Waals surface area contributed by atoms with Crippen LogP contribution in [-0.4, -0.2) is 35.5 Å². The van der Waals surface area contributed by atoms with Crippen molar-refractivity contribution < 1.29 is 4.79 Å². The average Bonchev–Trinajstić information content (AvgIpc) is 2.41. The molecule has 1 saturated heterocycles. The fraction of sp³-hybridized carbons (Fsp3) is 0.562. The molecule has 21 heavy (non-hydrogen) atoms. The number of carbonyl (C=O) groups is 1. The Hall–Kier alpha value is -1.07. The molecule has 3 N–H and O–H groups in total. The van der Waals surface area contributed by atoms with Crippen molar-refractivity contribution in [3.63, 3.8) is 0 Å². The van der Waals surface area contributed by atoms with Crippen LogP contribution in [0.3, 0.4) is 0 Å². The van der Waals surface area contributed by atoms with Gasteiger partial charge in [-0.05, 0) is 61.7 Å². The molecule has 116 valence electrons. The van der Waals surface area contributed by atoms with E-state index in [0.29, 0.717) is 15.7 Å². The van der Waals surface area contributed by atoms with Crippen LogP contribution < -0.4 is 11.1 Å². The highest BCUT2D eigenvalue weighted by atomic mass is 79.9. The number of halogens is 1. The molecule has 1 heterocycles. The van der Waals surface area contributed by atoms with E-state index in [4.69, 9.17) is 5.73 Å². The second-order valence-electron chi connectivity index (χ2n) is 6.61. The maximum atomic E-state index is 12.4. The van der Waals surface area contributed by atoms with E-state index < -0.39 is 0 Å². The van der Waals surface area contributed by atoms with Gasteiger partial charge in [0.2, 0.25) is 0 Å². The van der Waals surface area contributed by atoms with E-state index in [0.717, 1.165) is 25.9 Å². The first-order chi connectivity index (χ1) is 9.79. The first-order valence-corrected chi connectivity index (χ1v) is 8.18. The van der Waals surface area contributed by atoms with Crippen molar-refractivity contribution in [2.24, 2.45) is 0 Å². The van der Waals surface area contributed by atoms with Gasteiger partial charge in [0.15, 0.2) is 0 Å². The molecule has 0 aliphatic carbocycles. The Morgan fingerprint density at radius 2 is 1.95 bits per heavy atom. The number of nitrogen functional groups attached to an aromatic ring is 1. The van der Waals surface area contributed by atoms with Gasteiger partial charge in [-0.15, -0.1) is 0 Å². The Balaban J connectivity index is 1.95. The largest absolute Gasteiger partial charge is 0.398 e. The van der Waals surface area contributed by atoms with Crippen LogP contribution in [0.15, 0.2) is 22.7 Å². The quantitative estimate of drug-likeness (QED) is 0.803. The highest BCUT2D eigenvalue weighted by Gasteiger charge is 2.28. The fourth-order valence-corrected chi connectivity index (χ4v) is 3.13. The van der Waals surface area contributed by atoms with Crippen LogP contribution in [0.5, 0.6) is 0 Å². The predicted molar refractivity (Wildman–Crippen MR) is 90.4 cm³/mol. The maximum Gasteiger partial charge on any atom is 0.252 e. The topological polar surface area (TPSA) is 58.4 Å². The smallest absolute Gasteiger partial charge is 0.252 e. The van der Waals surface area contributed by atoms with Gasteiger partial charge in [0, 0.05) is 30.4 Å². The van der Waals surface area contributed by atoms with Crippen molar-refractivity contribution in [3.05, 3.63) is 28.2 Å². The number of nitrogens with zero attached hydrogens (tertiary/aromatic N) is 1. The summed E-state index contributed by atoms with van der Waals surface area (Å²) in [7, 11) is 0. The third-order valence-electron chi connectivity index (χ3n) is 4.05. The summed E-state index contributed by atoms with van der Waals surface area (Å²) in [4.78, 5) is 14.8. The molecule has 1 fully saturated rings. The molecule has 1 aliphatic heterocycles. The van der Waals surface area contributed by atoms with E-state index in [9.17, 15) is 4.79 Å². The first kappa shape index (κ1) is 16.3. The molecule has 0 aromatic heterocycles. The highest BCUT2D eigenvalue weighted by molar-refractivity contribution is 9.10. The lowest BCUT2D eigenvalue weighted by molar-refractivity contribution is 0.0812. The summed E-state index contributed by atoms with van der Waals surface area (Å²) in [5, 5.41) is 3.12. The SMILES string of the molecule is CC(C)(C)N1CCC(NC(=O)c2cccc(N)c2Br)CC1. The number of piperidine rings is 1. The van der Waals surface area contributed by atoms with E-state index in [1.54, 1.807) is 18.2 Å². The van der Waals surface area contributed by atoms with Crippen molar-refractivity contribution >= 4 is 27.5 Å². The fourth-order valence-electron chi connectivity index (χ4n) is 2.68. The van der Waals surface area contributed by atoms with Crippen LogP contribution in [-0.2, 0) is 0 Å². The van der Waals surface area contributed by atoms with Gasteiger partial charge in [0.25, 0.3) is 5.91 Å². The molecule has 0 unspecified atom stereocenters. The molecule has 1 aromatic carbocycles. The number of hydrogen-bond donors (Lipinski definition) is 2. The second kappa shape index (κ2) is 6.36. The molecular weight excluding hydrogens is 330 g/mol. The third-order valence-corrected chi connectivity index (χ3v) is 4.94. The van der Waals surface area contributed by atoms with E-state index in [-0.39, 0.29) is 17.5 Å².